The van der Waals surface area contributed by atoms with Crippen molar-refractivity contribution in [3.63, 3.8) is 0 Å². The van der Waals surface area contributed by atoms with Gasteiger partial charge < -0.3 is 23.8 Å². The molecule has 9 heteroatoms. The van der Waals surface area contributed by atoms with Crippen LogP contribution in [0.1, 0.15) is 26.3 Å². The van der Waals surface area contributed by atoms with Crippen molar-refractivity contribution in [1.82, 2.24) is 10.3 Å². The lowest BCUT2D eigenvalue weighted by atomic mass is 10.2. The number of rotatable bonds is 6. The van der Waals surface area contributed by atoms with Crippen LogP contribution in [0.15, 0.2) is 23.3 Å². The fourth-order valence-electron chi connectivity index (χ4n) is 2.39. The number of hydrogen-bond donors (Lipinski definition) is 1. The molecule has 1 fully saturated rings. The summed E-state index contributed by atoms with van der Waals surface area (Å²) in [6.45, 7) is 7.45. The van der Waals surface area contributed by atoms with Crippen LogP contribution in [0.3, 0.4) is 0 Å². The maximum Gasteiger partial charge on any atom is 0.428 e. The molecule has 1 saturated heterocycles. The van der Waals surface area contributed by atoms with Gasteiger partial charge >= 0.3 is 6.09 Å². The van der Waals surface area contributed by atoms with Gasteiger partial charge in [-0.15, -0.1) is 0 Å². The zero-order valence-corrected chi connectivity index (χ0v) is 16.7. The lowest BCUT2D eigenvalue weighted by Crippen LogP contribution is -2.43. The van der Waals surface area contributed by atoms with Crippen LogP contribution in [-0.4, -0.2) is 68.7 Å². The number of hydrazone groups is 1. The molecule has 1 aliphatic heterocycles. The molecule has 9 nitrogen and oxygen atoms in total. The molecular formula is C19H27N3O6. The van der Waals surface area contributed by atoms with Crippen LogP contribution in [-0.2, 0) is 14.3 Å². The predicted molar refractivity (Wildman–Crippen MR) is 103 cm³/mol. The first-order valence-electron chi connectivity index (χ1n) is 8.97. The Balaban J connectivity index is 1.91. The molecule has 0 unspecified atom stereocenters. The van der Waals surface area contributed by atoms with Crippen LogP contribution in [0.2, 0.25) is 0 Å². The molecule has 1 aliphatic rings. The Kier molecular flexibility index (Phi) is 7.62. The highest BCUT2D eigenvalue weighted by atomic mass is 16.6. The highest BCUT2D eigenvalue weighted by Crippen LogP contribution is 2.27. The van der Waals surface area contributed by atoms with Crippen LogP contribution in [0.4, 0.5) is 4.79 Å². The van der Waals surface area contributed by atoms with Crippen molar-refractivity contribution in [2.24, 2.45) is 5.10 Å². The monoisotopic (exact) mass is 393 g/mol. The number of methoxy groups -OCH3 is 1. The van der Waals surface area contributed by atoms with Crippen molar-refractivity contribution < 1.29 is 28.5 Å². The summed E-state index contributed by atoms with van der Waals surface area (Å²) in [6.07, 6.45) is 0.812. The average molecular weight is 393 g/mol. The van der Waals surface area contributed by atoms with Crippen molar-refractivity contribution in [2.45, 2.75) is 26.4 Å². The first-order chi connectivity index (χ1) is 13.3. The molecule has 0 atom stereocenters. The molecule has 0 spiro atoms. The summed E-state index contributed by atoms with van der Waals surface area (Å²) in [7, 11) is 1.51. The second-order valence-electron chi connectivity index (χ2n) is 7.06. The van der Waals surface area contributed by atoms with E-state index in [4.69, 9.17) is 18.9 Å². The van der Waals surface area contributed by atoms with Gasteiger partial charge in [-0.3, -0.25) is 4.79 Å². The van der Waals surface area contributed by atoms with Crippen molar-refractivity contribution in [2.75, 3.05) is 40.0 Å². The Morgan fingerprint density at radius 1 is 1.25 bits per heavy atom. The third-order valence-electron chi connectivity index (χ3n) is 3.67. The Morgan fingerprint density at radius 3 is 2.61 bits per heavy atom. The summed E-state index contributed by atoms with van der Waals surface area (Å²) < 4.78 is 21.2. The second kappa shape index (κ2) is 9.93. The Labute approximate surface area is 164 Å². The molecule has 1 aromatic carbocycles. The molecule has 0 bridgehead atoms. The number of amides is 2. The topological polar surface area (TPSA) is 98.7 Å². The van der Waals surface area contributed by atoms with Gasteiger partial charge in [-0.1, -0.05) is 0 Å². The number of morpholine rings is 1. The van der Waals surface area contributed by atoms with Crippen molar-refractivity contribution >= 4 is 18.2 Å². The summed E-state index contributed by atoms with van der Waals surface area (Å²) in [5.74, 6) is 0.801. The lowest BCUT2D eigenvalue weighted by Gasteiger charge is -2.26. The summed E-state index contributed by atoms with van der Waals surface area (Å²) in [5.41, 5.74) is 2.38. The quantitative estimate of drug-likeness (QED) is 0.584. The van der Waals surface area contributed by atoms with Crippen LogP contribution in [0.5, 0.6) is 11.5 Å². The molecule has 0 radical (unpaired) electrons. The van der Waals surface area contributed by atoms with E-state index in [0.717, 1.165) is 0 Å². The molecule has 2 amide bonds. The van der Waals surface area contributed by atoms with Gasteiger partial charge in [0.1, 0.15) is 5.60 Å². The van der Waals surface area contributed by atoms with E-state index in [1.54, 1.807) is 43.9 Å². The fourth-order valence-corrected chi connectivity index (χ4v) is 2.39. The molecule has 0 saturated carbocycles. The molecule has 2 rings (SSSR count). The summed E-state index contributed by atoms with van der Waals surface area (Å²) in [5, 5.41) is 3.85. The summed E-state index contributed by atoms with van der Waals surface area (Å²) >= 11 is 0. The van der Waals surface area contributed by atoms with E-state index in [1.807, 2.05) is 0 Å². The van der Waals surface area contributed by atoms with Gasteiger partial charge in [-0.2, -0.15) is 5.10 Å². The largest absolute Gasteiger partial charge is 0.493 e. The van der Waals surface area contributed by atoms with E-state index >= 15 is 0 Å². The number of hydrogen-bond acceptors (Lipinski definition) is 7. The second-order valence-corrected chi connectivity index (χ2v) is 7.06. The van der Waals surface area contributed by atoms with Crippen LogP contribution in [0.25, 0.3) is 0 Å². The maximum atomic E-state index is 12.2. The molecule has 154 valence electrons. The summed E-state index contributed by atoms with van der Waals surface area (Å²) in [6, 6.07) is 5.10. The van der Waals surface area contributed by atoms with E-state index in [-0.39, 0.29) is 12.5 Å². The molecular weight excluding hydrogens is 366 g/mol. The first kappa shape index (κ1) is 21.5. The normalized spacial score (nSPS) is 14.6. The van der Waals surface area contributed by atoms with Gasteiger partial charge in [0.25, 0.3) is 5.91 Å². The van der Waals surface area contributed by atoms with Crippen molar-refractivity contribution in [3.8, 4) is 11.5 Å². The first-order valence-corrected chi connectivity index (χ1v) is 8.97. The number of carbonyl (C=O) groups excluding carboxylic acids is 2. The van der Waals surface area contributed by atoms with Crippen molar-refractivity contribution in [1.29, 1.82) is 0 Å². The average Bonchev–Trinajstić information content (AvgIpc) is 2.65. The Bertz CT molecular complexity index is 708. The van der Waals surface area contributed by atoms with Crippen LogP contribution >= 0.6 is 0 Å². The van der Waals surface area contributed by atoms with Gasteiger partial charge in [0.15, 0.2) is 18.1 Å². The molecule has 1 aromatic rings. The zero-order chi connectivity index (χ0) is 20.6. The Hall–Kier alpha value is -2.81. The predicted octanol–water partition coefficient (Wildman–Crippen LogP) is 1.79. The molecule has 1 heterocycles. The van der Waals surface area contributed by atoms with E-state index in [9.17, 15) is 9.59 Å². The van der Waals surface area contributed by atoms with Gasteiger partial charge in [-0.25, -0.2) is 10.2 Å². The zero-order valence-electron chi connectivity index (χ0n) is 16.7. The Morgan fingerprint density at radius 2 is 1.96 bits per heavy atom. The molecule has 0 aromatic heterocycles. The molecule has 28 heavy (non-hydrogen) atoms. The highest BCUT2D eigenvalue weighted by Gasteiger charge is 2.18. The minimum atomic E-state index is -0.641. The van der Waals surface area contributed by atoms with Gasteiger partial charge in [-0.05, 0) is 44.5 Å². The molecule has 1 N–H and O–H groups in total. The van der Waals surface area contributed by atoms with E-state index in [2.05, 4.69) is 10.5 Å². The number of nitrogens with zero attached hydrogens (tertiary/aromatic N) is 2. The molecule has 0 aliphatic carbocycles. The standard InChI is InChI=1S/C19H27N3O6/c1-19(2,3)28-18(24)21-20-12-14-5-6-15(16(11-14)25-4)27-13-17(23)22-7-9-26-10-8-22/h5-6,11-12H,7-10,13H2,1-4H3,(H,21,24)/b20-12+. The van der Waals surface area contributed by atoms with Gasteiger partial charge in [0, 0.05) is 13.1 Å². The lowest BCUT2D eigenvalue weighted by molar-refractivity contribution is -0.137. The minimum Gasteiger partial charge on any atom is -0.493 e. The smallest absolute Gasteiger partial charge is 0.428 e. The number of carbonyl (C=O) groups is 2. The van der Waals surface area contributed by atoms with E-state index in [0.29, 0.717) is 43.4 Å². The number of benzene rings is 1. The third kappa shape index (κ3) is 7.07. The number of nitrogens with one attached hydrogen (secondary N) is 1. The van der Waals surface area contributed by atoms with Gasteiger partial charge in [0.2, 0.25) is 0 Å². The summed E-state index contributed by atoms with van der Waals surface area (Å²) in [4.78, 5) is 25.5. The van der Waals surface area contributed by atoms with E-state index in [1.165, 1.54) is 13.3 Å². The van der Waals surface area contributed by atoms with Gasteiger partial charge in [0.05, 0.1) is 26.5 Å². The minimum absolute atomic E-state index is 0.0794. The fraction of sp³-hybridized carbons (Fsp3) is 0.526. The number of ether oxygens (including phenoxy) is 4. The van der Waals surface area contributed by atoms with Crippen molar-refractivity contribution in [3.05, 3.63) is 23.8 Å². The van der Waals surface area contributed by atoms with Crippen LogP contribution in [0, 0.1) is 0 Å². The SMILES string of the molecule is COc1cc(/C=N/NC(=O)OC(C)(C)C)ccc1OCC(=O)N1CCOCC1. The third-order valence-corrected chi connectivity index (χ3v) is 3.67. The highest BCUT2D eigenvalue weighted by molar-refractivity contribution is 5.82. The van der Waals surface area contributed by atoms with E-state index < -0.39 is 11.7 Å². The maximum absolute atomic E-state index is 12.2. The van der Waals surface area contributed by atoms with Crippen LogP contribution < -0.4 is 14.9 Å².